The van der Waals surface area contributed by atoms with E-state index in [1.807, 2.05) is 0 Å². The standard InChI is InChI=1S/C24H24O12/c1-11(25)33-10-18-22(34-12(2)26)20(28)19(27)21(36-18)13-4-3-5-16(7-13)35-17-8-14(23(29)30)6-15(9-17)24(31)32/h3-9,18-22,27-28H,10H2,1-2H3,(H,29,30)(H,31,32)/t18-,19-,20-,21-,22-/m1/s1. The first-order valence-electron chi connectivity index (χ1n) is 10.7. The molecule has 0 bridgehead atoms. The van der Waals surface area contributed by atoms with E-state index < -0.39 is 54.4 Å². The molecule has 36 heavy (non-hydrogen) atoms. The van der Waals surface area contributed by atoms with Gasteiger partial charge in [-0.15, -0.1) is 0 Å². The maximum atomic E-state index is 11.5. The van der Waals surface area contributed by atoms with Gasteiger partial charge in [-0.3, -0.25) is 9.59 Å². The highest BCUT2D eigenvalue weighted by molar-refractivity contribution is 5.94. The lowest BCUT2D eigenvalue weighted by Crippen LogP contribution is -2.57. The van der Waals surface area contributed by atoms with Crippen LogP contribution in [0.2, 0.25) is 0 Å². The van der Waals surface area contributed by atoms with Crippen molar-refractivity contribution in [2.24, 2.45) is 0 Å². The number of aromatic carboxylic acids is 2. The third-order valence-electron chi connectivity index (χ3n) is 5.26. The Morgan fingerprint density at radius 1 is 0.861 bits per heavy atom. The molecule has 2 aromatic carbocycles. The number of esters is 2. The van der Waals surface area contributed by atoms with E-state index in [0.29, 0.717) is 5.56 Å². The Bertz CT molecular complexity index is 1130. The van der Waals surface area contributed by atoms with Crippen LogP contribution >= 0.6 is 0 Å². The highest BCUT2D eigenvalue weighted by Crippen LogP contribution is 2.36. The normalized spacial score (nSPS) is 23.4. The van der Waals surface area contributed by atoms with E-state index in [1.165, 1.54) is 25.1 Å². The predicted octanol–water partition coefficient (Wildman–Crippen LogP) is 1.53. The molecule has 1 heterocycles. The lowest BCUT2D eigenvalue weighted by atomic mass is 9.91. The molecule has 1 fully saturated rings. The van der Waals surface area contributed by atoms with Crippen LogP contribution < -0.4 is 4.74 Å². The fourth-order valence-electron chi connectivity index (χ4n) is 3.68. The van der Waals surface area contributed by atoms with Crippen molar-refractivity contribution in [1.29, 1.82) is 0 Å². The van der Waals surface area contributed by atoms with Crippen molar-refractivity contribution < 1.29 is 58.6 Å². The Morgan fingerprint density at radius 3 is 2.06 bits per heavy atom. The topological polar surface area (TPSA) is 186 Å². The van der Waals surface area contributed by atoms with Gasteiger partial charge in [0.05, 0.1) is 11.1 Å². The number of carbonyl (C=O) groups excluding carboxylic acids is 2. The number of hydrogen-bond donors (Lipinski definition) is 4. The molecule has 0 saturated carbocycles. The van der Waals surface area contributed by atoms with Crippen LogP contribution in [0.4, 0.5) is 0 Å². The molecule has 1 saturated heterocycles. The Hall–Kier alpha value is -4.00. The lowest BCUT2D eigenvalue weighted by molar-refractivity contribution is -0.242. The number of benzene rings is 2. The van der Waals surface area contributed by atoms with Gasteiger partial charge >= 0.3 is 23.9 Å². The number of carbonyl (C=O) groups is 4. The minimum atomic E-state index is -1.58. The summed E-state index contributed by atoms with van der Waals surface area (Å²) in [6, 6.07) is 9.31. The molecule has 0 spiro atoms. The quantitative estimate of drug-likeness (QED) is 0.380. The van der Waals surface area contributed by atoms with Gasteiger partial charge in [-0.25, -0.2) is 9.59 Å². The van der Waals surface area contributed by atoms with E-state index in [2.05, 4.69) is 0 Å². The smallest absolute Gasteiger partial charge is 0.335 e. The molecular formula is C24H24O12. The fraction of sp³-hybridized carbons (Fsp3) is 0.333. The van der Waals surface area contributed by atoms with Crippen LogP contribution in [0, 0.1) is 0 Å². The third kappa shape index (κ3) is 6.36. The number of carboxylic acid groups (broad SMARTS) is 2. The summed E-state index contributed by atoms with van der Waals surface area (Å²) in [5.41, 5.74) is -0.263. The zero-order valence-corrected chi connectivity index (χ0v) is 19.2. The second-order valence-corrected chi connectivity index (χ2v) is 7.98. The summed E-state index contributed by atoms with van der Waals surface area (Å²) < 4.78 is 21.6. The van der Waals surface area contributed by atoms with Crippen LogP contribution in [-0.2, 0) is 23.8 Å². The molecule has 0 aromatic heterocycles. The molecule has 0 aliphatic carbocycles. The van der Waals surface area contributed by atoms with Crippen LogP contribution in [0.25, 0.3) is 0 Å². The summed E-state index contributed by atoms with van der Waals surface area (Å²) in [7, 11) is 0. The van der Waals surface area contributed by atoms with Gasteiger partial charge in [0.15, 0.2) is 6.10 Å². The Balaban J connectivity index is 1.89. The van der Waals surface area contributed by atoms with Crippen LogP contribution in [0.3, 0.4) is 0 Å². The summed E-state index contributed by atoms with van der Waals surface area (Å²) >= 11 is 0. The van der Waals surface area contributed by atoms with Crippen molar-refractivity contribution >= 4 is 23.9 Å². The SMILES string of the molecule is CC(=O)OC[C@H]1O[C@H](c2cccc(Oc3cc(C(=O)O)cc(C(=O)O)c3)c2)[C@H](O)[C@@H](O)[C@@H]1OC(C)=O. The maximum Gasteiger partial charge on any atom is 0.335 e. The molecule has 1 aliphatic heterocycles. The zero-order valence-electron chi connectivity index (χ0n) is 19.2. The molecule has 0 radical (unpaired) electrons. The zero-order chi connectivity index (χ0) is 26.6. The van der Waals surface area contributed by atoms with Crippen LogP contribution in [0.1, 0.15) is 46.2 Å². The van der Waals surface area contributed by atoms with Gasteiger partial charge in [0.2, 0.25) is 0 Å². The molecule has 4 N–H and O–H groups in total. The minimum absolute atomic E-state index is 0.0581. The van der Waals surface area contributed by atoms with Crippen molar-refractivity contribution in [2.75, 3.05) is 6.61 Å². The Labute approximate surface area is 204 Å². The Morgan fingerprint density at radius 2 is 1.50 bits per heavy atom. The molecule has 1 aliphatic rings. The highest BCUT2D eigenvalue weighted by atomic mass is 16.6. The van der Waals surface area contributed by atoms with Crippen LogP contribution in [-0.4, -0.2) is 75.3 Å². The molecule has 2 aromatic rings. The van der Waals surface area contributed by atoms with Gasteiger partial charge in [-0.2, -0.15) is 0 Å². The first-order chi connectivity index (χ1) is 17.0. The van der Waals surface area contributed by atoms with Crippen molar-refractivity contribution in [1.82, 2.24) is 0 Å². The van der Waals surface area contributed by atoms with E-state index in [9.17, 15) is 39.6 Å². The van der Waals surface area contributed by atoms with Gasteiger partial charge in [0, 0.05) is 13.8 Å². The number of ether oxygens (including phenoxy) is 4. The lowest BCUT2D eigenvalue weighted by Gasteiger charge is -2.42. The van der Waals surface area contributed by atoms with E-state index in [1.54, 1.807) is 6.07 Å². The number of carboxylic acids is 2. The first-order valence-corrected chi connectivity index (χ1v) is 10.7. The van der Waals surface area contributed by atoms with Gasteiger partial charge in [0.25, 0.3) is 0 Å². The van der Waals surface area contributed by atoms with E-state index in [0.717, 1.165) is 25.1 Å². The molecular weight excluding hydrogens is 480 g/mol. The molecule has 0 amide bonds. The largest absolute Gasteiger partial charge is 0.478 e. The summed E-state index contributed by atoms with van der Waals surface area (Å²) in [6.07, 6.45) is -6.69. The van der Waals surface area contributed by atoms with E-state index in [4.69, 9.17) is 18.9 Å². The fourth-order valence-corrected chi connectivity index (χ4v) is 3.68. The van der Waals surface area contributed by atoms with Gasteiger partial charge in [0.1, 0.15) is 42.5 Å². The number of aliphatic hydroxyl groups is 2. The molecule has 12 nitrogen and oxygen atoms in total. The number of rotatable bonds is 8. The summed E-state index contributed by atoms with van der Waals surface area (Å²) in [4.78, 5) is 45.5. The monoisotopic (exact) mass is 504 g/mol. The second-order valence-electron chi connectivity index (χ2n) is 7.98. The van der Waals surface area contributed by atoms with Gasteiger partial charge < -0.3 is 39.4 Å². The van der Waals surface area contributed by atoms with E-state index >= 15 is 0 Å². The van der Waals surface area contributed by atoms with Crippen LogP contribution in [0.15, 0.2) is 42.5 Å². The average molecular weight is 504 g/mol. The predicted molar refractivity (Wildman–Crippen MR) is 119 cm³/mol. The van der Waals surface area contributed by atoms with E-state index in [-0.39, 0.29) is 29.2 Å². The molecule has 192 valence electrons. The highest BCUT2D eigenvalue weighted by Gasteiger charge is 2.47. The average Bonchev–Trinajstić information content (AvgIpc) is 2.81. The van der Waals surface area contributed by atoms with Crippen molar-refractivity contribution in [3.8, 4) is 11.5 Å². The second kappa shape index (κ2) is 11.2. The number of hydrogen-bond acceptors (Lipinski definition) is 10. The molecule has 5 atom stereocenters. The Kier molecular flexibility index (Phi) is 8.25. The van der Waals surface area contributed by atoms with Crippen molar-refractivity contribution in [3.63, 3.8) is 0 Å². The number of aliphatic hydroxyl groups excluding tert-OH is 2. The first kappa shape index (κ1) is 26.6. The maximum absolute atomic E-state index is 11.5. The summed E-state index contributed by atoms with van der Waals surface area (Å²) in [6.45, 7) is 1.93. The van der Waals surface area contributed by atoms with Crippen LogP contribution in [0.5, 0.6) is 11.5 Å². The molecule has 3 rings (SSSR count). The van der Waals surface area contributed by atoms with Gasteiger partial charge in [-0.1, -0.05) is 12.1 Å². The van der Waals surface area contributed by atoms with Crippen molar-refractivity contribution in [3.05, 3.63) is 59.2 Å². The summed E-state index contributed by atoms with van der Waals surface area (Å²) in [5.74, 6) is -3.96. The van der Waals surface area contributed by atoms with Gasteiger partial charge in [-0.05, 0) is 35.9 Å². The molecule has 12 heteroatoms. The summed E-state index contributed by atoms with van der Waals surface area (Å²) in [5, 5.41) is 39.8. The minimum Gasteiger partial charge on any atom is -0.478 e. The van der Waals surface area contributed by atoms with Crippen molar-refractivity contribution in [2.45, 2.75) is 44.4 Å². The molecule has 0 unspecified atom stereocenters. The third-order valence-corrected chi connectivity index (χ3v) is 5.26.